The van der Waals surface area contributed by atoms with Crippen molar-refractivity contribution in [3.8, 4) is 0 Å². The molecule has 0 aromatic carbocycles. The minimum atomic E-state index is -0.331. The summed E-state index contributed by atoms with van der Waals surface area (Å²) in [5.41, 5.74) is 6.25. The molecular formula is C13H19N5O2. The largest absolute Gasteiger partial charge is 0.377 e. The van der Waals surface area contributed by atoms with Gasteiger partial charge in [0, 0.05) is 19.1 Å². The molecule has 1 amide bonds. The highest BCUT2D eigenvalue weighted by atomic mass is 16.5. The molecule has 2 fully saturated rings. The van der Waals surface area contributed by atoms with Crippen molar-refractivity contribution in [1.29, 1.82) is 0 Å². The molecule has 7 nitrogen and oxygen atoms in total. The minimum absolute atomic E-state index is 0.0110. The molecule has 3 N–H and O–H groups in total. The summed E-state index contributed by atoms with van der Waals surface area (Å²) in [5.74, 6) is 0.707. The maximum atomic E-state index is 12.3. The maximum Gasteiger partial charge on any atom is 0.245 e. The lowest BCUT2D eigenvalue weighted by molar-refractivity contribution is -0.124. The number of hydrogen-bond acceptors (Lipinski definition) is 6. The lowest BCUT2D eigenvalue weighted by Gasteiger charge is -2.35. The van der Waals surface area contributed by atoms with Gasteiger partial charge in [-0.3, -0.25) is 9.78 Å². The van der Waals surface area contributed by atoms with Crippen LogP contribution in [0.4, 0.5) is 5.82 Å². The number of rotatable bonds is 4. The highest BCUT2D eigenvalue weighted by molar-refractivity contribution is 5.85. The van der Waals surface area contributed by atoms with Crippen LogP contribution in [-0.4, -0.2) is 47.7 Å². The fourth-order valence-corrected chi connectivity index (χ4v) is 2.22. The van der Waals surface area contributed by atoms with Crippen LogP contribution in [0.5, 0.6) is 0 Å². The normalized spacial score (nSPS) is 22.6. The third-order valence-corrected chi connectivity index (χ3v) is 3.55. The molecule has 3 rings (SSSR count). The van der Waals surface area contributed by atoms with E-state index < -0.39 is 0 Å². The molecule has 108 valence electrons. The summed E-state index contributed by atoms with van der Waals surface area (Å²) in [4.78, 5) is 22.8. The van der Waals surface area contributed by atoms with E-state index in [1.54, 1.807) is 12.4 Å². The Bertz CT molecular complexity index is 474. The standard InChI is InChI=1S/C13H19N5O2/c14-5-10-6-16-12(7-15-10)18-3-4-20-8-11(18)13(19)17-9-1-2-9/h6-7,9,11H,1-5,8,14H2,(H,17,19). The first kappa shape index (κ1) is 13.3. The average molecular weight is 277 g/mol. The Labute approximate surface area is 117 Å². The highest BCUT2D eigenvalue weighted by Gasteiger charge is 2.33. The Hall–Kier alpha value is -1.73. The minimum Gasteiger partial charge on any atom is -0.377 e. The predicted octanol–water partition coefficient (Wildman–Crippen LogP) is -0.581. The van der Waals surface area contributed by atoms with Crippen LogP contribution in [0.25, 0.3) is 0 Å². The molecule has 2 aliphatic rings. The summed E-state index contributed by atoms with van der Waals surface area (Å²) in [7, 11) is 0. The molecule has 0 bridgehead atoms. The molecule has 1 aromatic heterocycles. The van der Waals surface area contributed by atoms with Gasteiger partial charge in [0.15, 0.2) is 0 Å². The van der Waals surface area contributed by atoms with Crippen molar-refractivity contribution in [1.82, 2.24) is 15.3 Å². The zero-order valence-corrected chi connectivity index (χ0v) is 11.3. The molecule has 1 aliphatic carbocycles. The monoisotopic (exact) mass is 277 g/mol. The number of carbonyl (C=O) groups excluding carboxylic acids is 1. The fraction of sp³-hybridized carbons (Fsp3) is 0.615. The molecule has 1 aliphatic heterocycles. The van der Waals surface area contributed by atoms with Crippen LogP contribution in [0.1, 0.15) is 18.5 Å². The number of ether oxygens (including phenoxy) is 1. The van der Waals surface area contributed by atoms with Gasteiger partial charge in [-0.1, -0.05) is 0 Å². The van der Waals surface area contributed by atoms with Crippen LogP contribution in [0.15, 0.2) is 12.4 Å². The van der Waals surface area contributed by atoms with E-state index in [2.05, 4.69) is 15.3 Å². The molecule has 1 atom stereocenters. The van der Waals surface area contributed by atoms with Crippen molar-refractivity contribution >= 4 is 11.7 Å². The van der Waals surface area contributed by atoms with Gasteiger partial charge in [0.2, 0.25) is 5.91 Å². The van der Waals surface area contributed by atoms with Gasteiger partial charge < -0.3 is 20.7 Å². The van der Waals surface area contributed by atoms with Gasteiger partial charge in [0.05, 0.1) is 31.3 Å². The van der Waals surface area contributed by atoms with Gasteiger partial charge in [-0.15, -0.1) is 0 Å². The number of morpholine rings is 1. The topological polar surface area (TPSA) is 93.4 Å². The molecule has 1 saturated carbocycles. The summed E-state index contributed by atoms with van der Waals surface area (Å²) in [6.07, 6.45) is 5.47. The van der Waals surface area contributed by atoms with Crippen molar-refractivity contribution in [2.24, 2.45) is 5.73 Å². The first-order chi connectivity index (χ1) is 9.78. The second-order valence-electron chi connectivity index (χ2n) is 5.14. The van der Waals surface area contributed by atoms with Crippen molar-refractivity contribution in [2.45, 2.75) is 31.5 Å². The molecule has 1 aromatic rings. The predicted molar refractivity (Wildman–Crippen MR) is 73.0 cm³/mol. The van der Waals surface area contributed by atoms with E-state index in [4.69, 9.17) is 10.5 Å². The third kappa shape index (κ3) is 2.88. The molecule has 2 heterocycles. The van der Waals surface area contributed by atoms with E-state index in [0.717, 1.165) is 18.5 Å². The molecule has 0 radical (unpaired) electrons. The lowest BCUT2D eigenvalue weighted by atomic mass is 10.2. The van der Waals surface area contributed by atoms with Crippen LogP contribution in [0, 0.1) is 0 Å². The summed E-state index contributed by atoms with van der Waals surface area (Å²) < 4.78 is 5.43. The van der Waals surface area contributed by atoms with Crippen molar-refractivity contribution < 1.29 is 9.53 Å². The Balaban J connectivity index is 1.74. The molecule has 1 saturated heterocycles. The Morgan fingerprint density at radius 3 is 2.95 bits per heavy atom. The molecule has 0 spiro atoms. The quantitative estimate of drug-likeness (QED) is 0.765. The van der Waals surface area contributed by atoms with E-state index in [-0.39, 0.29) is 11.9 Å². The van der Waals surface area contributed by atoms with E-state index in [1.807, 2.05) is 4.90 Å². The van der Waals surface area contributed by atoms with Gasteiger partial charge in [0.25, 0.3) is 0 Å². The van der Waals surface area contributed by atoms with Crippen LogP contribution >= 0.6 is 0 Å². The number of hydrogen-bond donors (Lipinski definition) is 2. The van der Waals surface area contributed by atoms with Gasteiger partial charge in [-0.05, 0) is 12.8 Å². The van der Waals surface area contributed by atoms with Gasteiger partial charge >= 0.3 is 0 Å². The van der Waals surface area contributed by atoms with E-state index in [9.17, 15) is 4.79 Å². The first-order valence-electron chi connectivity index (χ1n) is 6.93. The Kier molecular flexibility index (Phi) is 3.79. The highest BCUT2D eigenvalue weighted by Crippen LogP contribution is 2.21. The van der Waals surface area contributed by atoms with Crippen LogP contribution < -0.4 is 16.0 Å². The summed E-state index contributed by atoms with van der Waals surface area (Å²) in [6, 6.07) is 0.0133. The molecule has 20 heavy (non-hydrogen) atoms. The zero-order chi connectivity index (χ0) is 13.9. The van der Waals surface area contributed by atoms with E-state index >= 15 is 0 Å². The van der Waals surface area contributed by atoms with Gasteiger partial charge in [0.1, 0.15) is 11.9 Å². The number of anilines is 1. The number of amides is 1. The SMILES string of the molecule is NCc1cnc(N2CCOCC2C(=O)NC2CC2)cn1. The van der Waals surface area contributed by atoms with Crippen molar-refractivity contribution in [3.63, 3.8) is 0 Å². The van der Waals surface area contributed by atoms with E-state index in [1.165, 1.54) is 0 Å². The van der Waals surface area contributed by atoms with Gasteiger partial charge in [-0.25, -0.2) is 4.98 Å². The van der Waals surface area contributed by atoms with E-state index in [0.29, 0.717) is 38.2 Å². The smallest absolute Gasteiger partial charge is 0.245 e. The average Bonchev–Trinajstić information content (AvgIpc) is 3.31. The Morgan fingerprint density at radius 1 is 1.45 bits per heavy atom. The molecular weight excluding hydrogens is 258 g/mol. The summed E-state index contributed by atoms with van der Waals surface area (Å²) >= 11 is 0. The second-order valence-corrected chi connectivity index (χ2v) is 5.14. The third-order valence-electron chi connectivity index (χ3n) is 3.55. The summed E-state index contributed by atoms with van der Waals surface area (Å²) in [5, 5.41) is 3.02. The second kappa shape index (κ2) is 5.72. The zero-order valence-electron chi connectivity index (χ0n) is 11.3. The Morgan fingerprint density at radius 2 is 2.30 bits per heavy atom. The number of nitrogens with two attached hydrogens (primary N) is 1. The molecule has 7 heteroatoms. The number of aromatic nitrogens is 2. The number of carbonyl (C=O) groups is 1. The van der Waals surface area contributed by atoms with Crippen LogP contribution in [0.2, 0.25) is 0 Å². The van der Waals surface area contributed by atoms with Crippen molar-refractivity contribution in [3.05, 3.63) is 18.1 Å². The van der Waals surface area contributed by atoms with Crippen LogP contribution in [-0.2, 0) is 16.1 Å². The molecule has 1 unspecified atom stereocenters. The maximum absolute atomic E-state index is 12.3. The van der Waals surface area contributed by atoms with Crippen molar-refractivity contribution in [2.75, 3.05) is 24.7 Å². The van der Waals surface area contributed by atoms with Crippen LogP contribution in [0.3, 0.4) is 0 Å². The number of nitrogens with one attached hydrogen (secondary N) is 1. The lowest BCUT2D eigenvalue weighted by Crippen LogP contribution is -2.54. The number of nitrogens with zero attached hydrogens (tertiary/aromatic N) is 3. The first-order valence-corrected chi connectivity index (χ1v) is 6.93. The summed E-state index contributed by atoms with van der Waals surface area (Å²) in [6.45, 7) is 1.98. The fourth-order valence-electron chi connectivity index (χ4n) is 2.22. The van der Waals surface area contributed by atoms with Gasteiger partial charge in [-0.2, -0.15) is 0 Å².